The molecule has 0 aromatic heterocycles. The van der Waals surface area contributed by atoms with Crippen LogP contribution in [0.4, 0.5) is 0 Å². The molecule has 3 nitrogen and oxygen atoms in total. The van der Waals surface area contributed by atoms with Crippen LogP contribution >= 0.6 is 11.6 Å². The molecule has 0 bridgehead atoms. The van der Waals surface area contributed by atoms with Crippen LogP contribution in [0.25, 0.3) is 0 Å². The van der Waals surface area contributed by atoms with Crippen LogP contribution in [0, 0.1) is 0 Å². The first kappa shape index (κ1) is 16.6. The lowest BCUT2D eigenvalue weighted by molar-refractivity contribution is 0.0981. The molecule has 1 aromatic rings. The van der Waals surface area contributed by atoms with Gasteiger partial charge < -0.3 is 14.8 Å². The second-order valence-electron chi connectivity index (χ2n) is 5.57. The molecule has 1 saturated heterocycles. The fraction of sp³-hybridized carbons (Fsp3) is 0.647. The van der Waals surface area contributed by atoms with Crippen molar-refractivity contribution in [3.63, 3.8) is 0 Å². The number of hydrogen-bond donors (Lipinski definition) is 1. The second kappa shape index (κ2) is 9.29. The van der Waals surface area contributed by atoms with Crippen LogP contribution in [0.3, 0.4) is 0 Å². The molecular weight excluding hydrogens is 286 g/mol. The summed E-state index contributed by atoms with van der Waals surface area (Å²) in [6.07, 6.45) is 6.07. The van der Waals surface area contributed by atoms with Crippen LogP contribution in [0.2, 0.25) is 5.02 Å². The molecule has 1 fully saturated rings. The summed E-state index contributed by atoms with van der Waals surface area (Å²) < 4.78 is 11.4. The Bertz CT molecular complexity index is 419. The third-order valence-corrected chi connectivity index (χ3v) is 4.00. The Hall–Kier alpha value is -0.770. The summed E-state index contributed by atoms with van der Waals surface area (Å²) >= 11 is 6.27. The summed E-state index contributed by atoms with van der Waals surface area (Å²) in [6, 6.07) is 6.03. The maximum atomic E-state index is 6.27. The van der Waals surface area contributed by atoms with Crippen LogP contribution in [-0.2, 0) is 11.3 Å². The molecule has 1 aliphatic rings. The van der Waals surface area contributed by atoms with Gasteiger partial charge >= 0.3 is 0 Å². The van der Waals surface area contributed by atoms with Gasteiger partial charge in [-0.25, -0.2) is 0 Å². The van der Waals surface area contributed by atoms with Crippen molar-refractivity contribution in [2.45, 2.75) is 51.7 Å². The molecule has 1 heterocycles. The Morgan fingerprint density at radius 3 is 3.05 bits per heavy atom. The van der Waals surface area contributed by atoms with Gasteiger partial charge in [0.2, 0.25) is 0 Å². The van der Waals surface area contributed by atoms with Crippen molar-refractivity contribution in [3.05, 3.63) is 28.8 Å². The van der Waals surface area contributed by atoms with E-state index >= 15 is 0 Å². The quantitative estimate of drug-likeness (QED) is 0.694. The highest BCUT2D eigenvalue weighted by Gasteiger charge is 2.14. The van der Waals surface area contributed by atoms with Crippen LogP contribution in [0.1, 0.15) is 44.6 Å². The van der Waals surface area contributed by atoms with Crippen molar-refractivity contribution in [2.24, 2.45) is 0 Å². The van der Waals surface area contributed by atoms with Crippen LogP contribution < -0.4 is 10.1 Å². The summed E-state index contributed by atoms with van der Waals surface area (Å²) in [7, 11) is 0. The molecular formula is C17H26ClNO2. The highest BCUT2D eigenvalue weighted by molar-refractivity contribution is 6.32. The zero-order chi connectivity index (χ0) is 14.9. The number of ether oxygens (including phenoxy) is 2. The minimum atomic E-state index is 0.441. The zero-order valence-corrected chi connectivity index (χ0v) is 13.6. The van der Waals surface area contributed by atoms with Crippen molar-refractivity contribution in [1.82, 2.24) is 5.32 Å². The number of nitrogens with one attached hydrogen (secondary N) is 1. The normalized spacial score (nSPS) is 18.1. The van der Waals surface area contributed by atoms with E-state index in [0.29, 0.717) is 17.7 Å². The topological polar surface area (TPSA) is 30.5 Å². The van der Waals surface area contributed by atoms with E-state index in [1.54, 1.807) is 0 Å². The van der Waals surface area contributed by atoms with Gasteiger partial charge in [-0.2, -0.15) is 0 Å². The van der Waals surface area contributed by atoms with E-state index in [4.69, 9.17) is 21.1 Å². The first-order chi connectivity index (χ1) is 10.3. The molecule has 1 aromatic carbocycles. The lowest BCUT2D eigenvalue weighted by Gasteiger charge is -2.12. The highest BCUT2D eigenvalue weighted by Crippen LogP contribution is 2.26. The van der Waals surface area contributed by atoms with E-state index in [9.17, 15) is 0 Å². The van der Waals surface area contributed by atoms with Crippen LogP contribution in [-0.4, -0.2) is 25.9 Å². The van der Waals surface area contributed by atoms with Gasteiger partial charge in [-0.05, 0) is 56.3 Å². The summed E-state index contributed by atoms with van der Waals surface area (Å²) in [5.74, 6) is 0.781. The molecule has 118 valence electrons. The smallest absolute Gasteiger partial charge is 0.137 e. The predicted octanol–water partition coefficient (Wildman–Crippen LogP) is 4.18. The van der Waals surface area contributed by atoms with Gasteiger partial charge in [-0.1, -0.05) is 24.6 Å². The first-order valence-electron chi connectivity index (χ1n) is 8.03. The van der Waals surface area contributed by atoms with Crippen molar-refractivity contribution in [3.8, 4) is 5.75 Å². The number of benzene rings is 1. The van der Waals surface area contributed by atoms with Crippen molar-refractivity contribution in [1.29, 1.82) is 0 Å². The average Bonchev–Trinajstić information content (AvgIpc) is 2.99. The molecule has 21 heavy (non-hydrogen) atoms. The molecule has 1 atom stereocenters. The predicted molar refractivity (Wildman–Crippen MR) is 87.2 cm³/mol. The van der Waals surface area contributed by atoms with Gasteiger partial charge in [0, 0.05) is 13.2 Å². The summed E-state index contributed by atoms with van der Waals surface area (Å²) in [6.45, 7) is 5.66. The van der Waals surface area contributed by atoms with Gasteiger partial charge in [0.05, 0.1) is 17.7 Å². The molecule has 2 rings (SSSR count). The molecule has 1 N–H and O–H groups in total. The standard InChI is InChI=1S/C17H26ClNO2/c1-2-9-19-13-14-7-8-17(16(18)12-14)21-11-4-6-15-5-3-10-20-15/h7-8,12,15,19H,2-6,9-11,13H2,1H3. The molecule has 0 spiro atoms. The lowest BCUT2D eigenvalue weighted by Crippen LogP contribution is -2.13. The SMILES string of the molecule is CCCNCc1ccc(OCCCC2CCCO2)c(Cl)c1. The van der Waals surface area contributed by atoms with Gasteiger partial charge in [0.25, 0.3) is 0 Å². The second-order valence-corrected chi connectivity index (χ2v) is 5.97. The minimum absolute atomic E-state index is 0.441. The Morgan fingerprint density at radius 2 is 2.33 bits per heavy atom. The van der Waals surface area contributed by atoms with E-state index in [-0.39, 0.29) is 0 Å². The Morgan fingerprint density at radius 1 is 1.43 bits per heavy atom. The maximum Gasteiger partial charge on any atom is 0.137 e. The number of rotatable bonds is 9. The van der Waals surface area contributed by atoms with E-state index in [2.05, 4.69) is 18.3 Å². The molecule has 1 aliphatic heterocycles. The van der Waals surface area contributed by atoms with E-state index in [1.165, 1.54) is 18.4 Å². The Kier molecular flexibility index (Phi) is 7.34. The first-order valence-corrected chi connectivity index (χ1v) is 8.41. The fourth-order valence-electron chi connectivity index (χ4n) is 2.55. The van der Waals surface area contributed by atoms with E-state index in [0.717, 1.165) is 44.7 Å². The minimum Gasteiger partial charge on any atom is -0.492 e. The van der Waals surface area contributed by atoms with Gasteiger partial charge in [0.15, 0.2) is 0 Å². The maximum absolute atomic E-state index is 6.27. The number of halogens is 1. The molecule has 4 heteroatoms. The van der Waals surface area contributed by atoms with Crippen LogP contribution in [0.5, 0.6) is 5.75 Å². The lowest BCUT2D eigenvalue weighted by atomic mass is 10.1. The van der Waals surface area contributed by atoms with Gasteiger partial charge in [0.1, 0.15) is 5.75 Å². The Labute approximate surface area is 133 Å². The van der Waals surface area contributed by atoms with E-state index in [1.807, 2.05) is 12.1 Å². The van der Waals surface area contributed by atoms with Gasteiger partial charge in [-0.15, -0.1) is 0 Å². The summed E-state index contributed by atoms with van der Waals surface area (Å²) in [5, 5.41) is 4.07. The highest BCUT2D eigenvalue weighted by atomic mass is 35.5. The van der Waals surface area contributed by atoms with Gasteiger partial charge in [-0.3, -0.25) is 0 Å². The Balaban J connectivity index is 1.69. The van der Waals surface area contributed by atoms with Crippen LogP contribution in [0.15, 0.2) is 18.2 Å². The third-order valence-electron chi connectivity index (χ3n) is 3.70. The summed E-state index contributed by atoms with van der Waals surface area (Å²) in [5.41, 5.74) is 1.19. The zero-order valence-electron chi connectivity index (χ0n) is 12.9. The molecule has 0 radical (unpaired) electrons. The molecule has 1 unspecified atom stereocenters. The fourth-order valence-corrected chi connectivity index (χ4v) is 2.80. The monoisotopic (exact) mass is 311 g/mol. The number of hydrogen-bond acceptors (Lipinski definition) is 3. The molecule has 0 amide bonds. The van der Waals surface area contributed by atoms with Crippen molar-refractivity contribution >= 4 is 11.6 Å². The third kappa shape index (κ3) is 5.85. The largest absolute Gasteiger partial charge is 0.492 e. The van der Waals surface area contributed by atoms with Crippen molar-refractivity contribution < 1.29 is 9.47 Å². The average molecular weight is 312 g/mol. The van der Waals surface area contributed by atoms with E-state index < -0.39 is 0 Å². The molecule has 0 saturated carbocycles. The molecule has 0 aliphatic carbocycles. The summed E-state index contributed by atoms with van der Waals surface area (Å²) in [4.78, 5) is 0. The van der Waals surface area contributed by atoms with Crippen molar-refractivity contribution in [2.75, 3.05) is 19.8 Å².